The molecule has 3 atom stereocenters. The molecule has 1 aromatic heterocycles. The van der Waals surface area contributed by atoms with E-state index in [-0.39, 0.29) is 29.8 Å². The van der Waals surface area contributed by atoms with E-state index >= 15 is 0 Å². The van der Waals surface area contributed by atoms with Gasteiger partial charge in [-0.3, -0.25) is 9.59 Å². The van der Waals surface area contributed by atoms with Gasteiger partial charge in [0.25, 0.3) is 0 Å². The number of rotatable bonds is 11. The van der Waals surface area contributed by atoms with Crippen molar-refractivity contribution in [3.63, 3.8) is 0 Å². The highest BCUT2D eigenvalue weighted by Crippen LogP contribution is 2.29. The van der Waals surface area contributed by atoms with E-state index in [1.165, 1.54) is 6.42 Å². The lowest BCUT2D eigenvalue weighted by Crippen LogP contribution is -2.57. The highest BCUT2D eigenvalue weighted by atomic mass is 16.2. The van der Waals surface area contributed by atoms with Gasteiger partial charge in [0.2, 0.25) is 11.8 Å². The van der Waals surface area contributed by atoms with Gasteiger partial charge in [0.15, 0.2) is 0 Å². The summed E-state index contributed by atoms with van der Waals surface area (Å²) >= 11 is 0. The maximum absolute atomic E-state index is 13.8. The standard InChI is InChI=1S/C24H42N6O2/c1-4-29(14-12-20-15-26-17-27-20)16-21-11-8-13-30(21)24(32)22(19-9-6-5-7-10-19)28-23(31)18(2)25-3/h15,17-19,21-22,25H,4-14,16H2,1-3H3,(H,26,27)(H,28,31)/t18-,21-,22-/m0/s1. The van der Waals surface area contributed by atoms with E-state index in [1.807, 2.05) is 13.1 Å². The van der Waals surface area contributed by atoms with Gasteiger partial charge in [0.05, 0.1) is 18.1 Å². The number of carbonyl (C=O) groups is 2. The minimum absolute atomic E-state index is 0.0821. The molecule has 3 N–H and O–H groups in total. The lowest BCUT2D eigenvalue weighted by Gasteiger charge is -2.36. The highest BCUT2D eigenvalue weighted by molar-refractivity contribution is 5.90. The highest BCUT2D eigenvalue weighted by Gasteiger charge is 2.38. The van der Waals surface area contributed by atoms with Crippen LogP contribution in [-0.2, 0) is 16.0 Å². The average molecular weight is 447 g/mol. The van der Waals surface area contributed by atoms with Crippen LogP contribution < -0.4 is 10.6 Å². The van der Waals surface area contributed by atoms with Crippen LogP contribution in [0.5, 0.6) is 0 Å². The van der Waals surface area contributed by atoms with E-state index in [4.69, 9.17) is 0 Å². The topological polar surface area (TPSA) is 93.4 Å². The van der Waals surface area contributed by atoms with Crippen LogP contribution in [-0.4, -0.2) is 82.9 Å². The first-order valence-corrected chi connectivity index (χ1v) is 12.5. The predicted octanol–water partition coefficient (Wildman–Crippen LogP) is 1.94. The van der Waals surface area contributed by atoms with E-state index in [9.17, 15) is 9.59 Å². The number of nitrogens with one attached hydrogen (secondary N) is 3. The first-order chi connectivity index (χ1) is 15.5. The number of nitrogens with zero attached hydrogens (tertiary/aromatic N) is 3. The molecule has 1 aromatic rings. The number of likely N-dealkylation sites (tertiary alicyclic amines) is 1. The Kier molecular flexibility index (Phi) is 9.53. The molecule has 0 aromatic carbocycles. The van der Waals surface area contributed by atoms with Gasteiger partial charge in [-0.1, -0.05) is 26.2 Å². The third kappa shape index (κ3) is 6.54. The van der Waals surface area contributed by atoms with E-state index in [1.54, 1.807) is 13.4 Å². The van der Waals surface area contributed by atoms with E-state index < -0.39 is 6.04 Å². The molecule has 1 aliphatic carbocycles. The molecule has 2 heterocycles. The molecule has 2 aliphatic rings. The molecule has 1 saturated carbocycles. The summed E-state index contributed by atoms with van der Waals surface area (Å²) in [6.45, 7) is 7.57. The summed E-state index contributed by atoms with van der Waals surface area (Å²) in [5.74, 6) is 0.285. The van der Waals surface area contributed by atoms with E-state index in [0.29, 0.717) is 0 Å². The average Bonchev–Trinajstić information content (AvgIpc) is 3.51. The molecule has 3 rings (SSSR count). The molecule has 1 saturated heterocycles. The van der Waals surface area contributed by atoms with Crippen molar-refractivity contribution in [1.82, 2.24) is 30.4 Å². The van der Waals surface area contributed by atoms with Crippen molar-refractivity contribution in [2.75, 3.05) is 33.2 Å². The maximum Gasteiger partial charge on any atom is 0.245 e. The second-order valence-corrected chi connectivity index (χ2v) is 9.43. The molecular formula is C24H42N6O2. The van der Waals surface area contributed by atoms with Gasteiger partial charge in [-0.05, 0) is 52.1 Å². The number of hydrogen-bond acceptors (Lipinski definition) is 5. The molecule has 0 bridgehead atoms. The summed E-state index contributed by atoms with van der Waals surface area (Å²) in [7, 11) is 1.78. The minimum atomic E-state index is -0.404. The second-order valence-electron chi connectivity index (χ2n) is 9.43. The van der Waals surface area contributed by atoms with Crippen molar-refractivity contribution in [2.24, 2.45) is 5.92 Å². The maximum atomic E-state index is 13.8. The normalized spacial score (nSPS) is 21.6. The van der Waals surface area contributed by atoms with Crippen molar-refractivity contribution in [3.05, 3.63) is 18.2 Å². The van der Waals surface area contributed by atoms with Crippen molar-refractivity contribution in [1.29, 1.82) is 0 Å². The Hall–Kier alpha value is -1.93. The molecule has 8 heteroatoms. The fourth-order valence-corrected chi connectivity index (χ4v) is 5.13. The van der Waals surface area contributed by atoms with Gasteiger partial charge in [0.1, 0.15) is 6.04 Å². The summed E-state index contributed by atoms with van der Waals surface area (Å²) in [5, 5.41) is 6.13. The zero-order chi connectivity index (χ0) is 22.9. The third-order valence-electron chi connectivity index (χ3n) is 7.33. The van der Waals surface area contributed by atoms with Crippen molar-refractivity contribution < 1.29 is 9.59 Å². The number of carbonyl (C=O) groups excluding carboxylic acids is 2. The second kappa shape index (κ2) is 12.3. The van der Waals surface area contributed by atoms with Crippen LogP contribution in [0.3, 0.4) is 0 Å². The van der Waals surface area contributed by atoms with Gasteiger partial charge in [0, 0.05) is 38.3 Å². The van der Waals surface area contributed by atoms with Crippen LogP contribution in [0.2, 0.25) is 0 Å². The van der Waals surface area contributed by atoms with Gasteiger partial charge in [-0.2, -0.15) is 0 Å². The number of imidazole rings is 1. The van der Waals surface area contributed by atoms with Crippen LogP contribution in [0, 0.1) is 5.92 Å². The van der Waals surface area contributed by atoms with Crippen molar-refractivity contribution >= 4 is 11.8 Å². The Morgan fingerprint density at radius 3 is 2.69 bits per heavy atom. The lowest BCUT2D eigenvalue weighted by molar-refractivity contribution is -0.139. The largest absolute Gasteiger partial charge is 0.351 e. The monoisotopic (exact) mass is 446 g/mol. The quantitative estimate of drug-likeness (QED) is 0.483. The molecule has 2 fully saturated rings. The molecule has 0 spiro atoms. The van der Waals surface area contributed by atoms with Crippen LogP contribution >= 0.6 is 0 Å². The van der Waals surface area contributed by atoms with Gasteiger partial charge in [-0.15, -0.1) is 0 Å². The Bertz CT molecular complexity index is 703. The minimum Gasteiger partial charge on any atom is -0.351 e. The van der Waals surface area contributed by atoms with E-state index in [2.05, 4.69) is 37.3 Å². The molecule has 32 heavy (non-hydrogen) atoms. The molecule has 0 radical (unpaired) electrons. The number of H-pyrrole nitrogens is 1. The molecule has 1 aliphatic heterocycles. The number of amides is 2. The molecule has 180 valence electrons. The summed E-state index contributed by atoms with van der Waals surface area (Å²) in [6, 6.07) is -0.495. The number of aromatic nitrogens is 2. The van der Waals surface area contributed by atoms with Crippen LogP contribution in [0.1, 0.15) is 64.5 Å². The van der Waals surface area contributed by atoms with Crippen LogP contribution in [0.4, 0.5) is 0 Å². The Balaban J connectivity index is 1.65. The summed E-state index contributed by atoms with van der Waals surface area (Å²) < 4.78 is 0. The summed E-state index contributed by atoms with van der Waals surface area (Å²) in [4.78, 5) is 38.3. The number of hydrogen-bond donors (Lipinski definition) is 3. The summed E-state index contributed by atoms with van der Waals surface area (Å²) in [5.41, 5.74) is 1.07. The fourth-order valence-electron chi connectivity index (χ4n) is 5.13. The molecule has 0 unspecified atom stereocenters. The summed E-state index contributed by atoms with van der Waals surface area (Å²) in [6.07, 6.45) is 12.2. The molecule has 2 amide bonds. The Morgan fingerprint density at radius 2 is 2.03 bits per heavy atom. The Morgan fingerprint density at radius 1 is 1.25 bits per heavy atom. The van der Waals surface area contributed by atoms with Crippen LogP contribution in [0.15, 0.2) is 12.5 Å². The number of likely N-dealkylation sites (N-methyl/N-ethyl adjacent to an activating group) is 2. The Labute approximate surface area is 192 Å². The zero-order valence-corrected chi connectivity index (χ0v) is 20.1. The van der Waals surface area contributed by atoms with E-state index in [0.717, 1.165) is 76.8 Å². The predicted molar refractivity (Wildman–Crippen MR) is 126 cm³/mol. The molecular weight excluding hydrogens is 404 g/mol. The smallest absolute Gasteiger partial charge is 0.245 e. The first kappa shape index (κ1) is 24.7. The number of aromatic amines is 1. The first-order valence-electron chi connectivity index (χ1n) is 12.5. The third-order valence-corrected chi connectivity index (χ3v) is 7.33. The lowest BCUT2D eigenvalue weighted by atomic mass is 9.83. The van der Waals surface area contributed by atoms with Crippen LogP contribution in [0.25, 0.3) is 0 Å². The van der Waals surface area contributed by atoms with Gasteiger partial charge in [-0.25, -0.2) is 4.98 Å². The van der Waals surface area contributed by atoms with Crippen molar-refractivity contribution in [2.45, 2.75) is 83.3 Å². The zero-order valence-electron chi connectivity index (χ0n) is 20.1. The SMILES string of the molecule is CCN(CCc1c[nH]cn1)C[C@@H]1CCCN1C(=O)[C@@H](NC(=O)[C@H](C)NC)C1CCCCC1. The van der Waals surface area contributed by atoms with Gasteiger partial charge < -0.3 is 25.4 Å². The van der Waals surface area contributed by atoms with Gasteiger partial charge >= 0.3 is 0 Å². The fraction of sp³-hybridized carbons (Fsp3) is 0.792. The van der Waals surface area contributed by atoms with Crippen molar-refractivity contribution in [3.8, 4) is 0 Å². The molecule has 8 nitrogen and oxygen atoms in total.